The van der Waals surface area contributed by atoms with Crippen LogP contribution in [0.15, 0.2) is 6.07 Å². The van der Waals surface area contributed by atoms with Crippen LogP contribution in [0.2, 0.25) is 0 Å². The fraction of sp³-hybridized carbons (Fsp3) is 0.333. The van der Waals surface area contributed by atoms with Gasteiger partial charge in [-0.05, 0) is 6.42 Å². The van der Waals surface area contributed by atoms with Gasteiger partial charge in [-0.1, -0.05) is 6.92 Å². The highest BCUT2D eigenvalue weighted by atomic mass is 19.2. The van der Waals surface area contributed by atoms with Crippen molar-refractivity contribution >= 4 is 0 Å². The number of benzene rings is 1. The summed E-state index contributed by atoms with van der Waals surface area (Å²) in [6.45, 7) is 1.56. The van der Waals surface area contributed by atoms with Crippen molar-refractivity contribution in [2.45, 2.75) is 19.4 Å². The van der Waals surface area contributed by atoms with E-state index in [2.05, 4.69) is 0 Å². The van der Waals surface area contributed by atoms with Crippen LogP contribution >= 0.6 is 0 Å². The van der Waals surface area contributed by atoms with Crippen LogP contribution in [0.5, 0.6) is 0 Å². The fourth-order valence-electron chi connectivity index (χ4n) is 1.12. The van der Waals surface area contributed by atoms with E-state index in [0.717, 1.165) is 0 Å². The first-order chi connectivity index (χ1) is 6.49. The number of hydrogen-bond acceptors (Lipinski definition) is 1. The van der Waals surface area contributed by atoms with Gasteiger partial charge in [0.15, 0.2) is 23.3 Å². The molecule has 0 aliphatic rings. The van der Waals surface area contributed by atoms with Crippen LogP contribution in [0, 0.1) is 23.3 Å². The molecule has 0 heterocycles. The first kappa shape index (κ1) is 11.0. The second kappa shape index (κ2) is 3.96. The van der Waals surface area contributed by atoms with E-state index in [-0.39, 0.29) is 12.5 Å². The predicted molar refractivity (Wildman–Crippen MR) is 43.5 cm³/mol. The van der Waals surface area contributed by atoms with Crippen LogP contribution in [0.4, 0.5) is 17.6 Å². The molecule has 1 rings (SSSR count). The third kappa shape index (κ3) is 1.72. The highest BCUT2D eigenvalue weighted by Crippen LogP contribution is 2.25. The summed E-state index contributed by atoms with van der Waals surface area (Å²) in [7, 11) is 0. The van der Waals surface area contributed by atoms with Crippen molar-refractivity contribution in [3.63, 3.8) is 0 Å². The molecule has 1 aromatic rings. The summed E-state index contributed by atoms with van der Waals surface area (Å²) < 4.78 is 51.4. The number of hydrogen-bond donors (Lipinski definition) is 1. The highest BCUT2D eigenvalue weighted by Gasteiger charge is 2.22. The minimum Gasteiger partial charge on any atom is -0.324 e. The standard InChI is InChI=1S/C9H9F4N/c1-2-6(14)7-8(12)4(10)3-5(11)9(7)13/h3,6H,2,14H2,1H3/t6-/m1/s1. The van der Waals surface area contributed by atoms with Gasteiger partial charge in [0.05, 0.1) is 0 Å². The summed E-state index contributed by atoms with van der Waals surface area (Å²) in [6, 6.07) is -0.878. The quantitative estimate of drug-likeness (QED) is 0.585. The van der Waals surface area contributed by atoms with Crippen molar-refractivity contribution in [3.8, 4) is 0 Å². The molecule has 78 valence electrons. The largest absolute Gasteiger partial charge is 0.324 e. The lowest BCUT2D eigenvalue weighted by molar-refractivity contribution is 0.425. The number of halogens is 4. The summed E-state index contributed by atoms with van der Waals surface area (Å²) in [5.74, 6) is -5.69. The summed E-state index contributed by atoms with van der Waals surface area (Å²) >= 11 is 0. The maximum Gasteiger partial charge on any atom is 0.166 e. The van der Waals surface area contributed by atoms with Gasteiger partial charge in [0.25, 0.3) is 0 Å². The Hall–Kier alpha value is -1.10. The zero-order valence-corrected chi connectivity index (χ0v) is 7.45. The first-order valence-corrected chi connectivity index (χ1v) is 4.07. The van der Waals surface area contributed by atoms with Crippen molar-refractivity contribution in [2.75, 3.05) is 0 Å². The van der Waals surface area contributed by atoms with Crippen molar-refractivity contribution in [1.29, 1.82) is 0 Å². The summed E-state index contributed by atoms with van der Waals surface area (Å²) in [6.07, 6.45) is 0.191. The van der Waals surface area contributed by atoms with E-state index in [4.69, 9.17) is 5.73 Å². The molecule has 1 nitrogen and oxygen atoms in total. The lowest BCUT2D eigenvalue weighted by Crippen LogP contribution is -2.15. The van der Waals surface area contributed by atoms with Crippen LogP contribution in [0.25, 0.3) is 0 Å². The monoisotopic (exact) mass is 207 g/mol. The van der Waals surface area contributed by atoms with Crippen LogP contribution in [0.3, 0.4) is 0 Å². The Labute approximate surface area is 78.5 Å². The zero-order chi connectivity index (χ0) is 10.9. The Morgan fingerprint density at radius 2 is 1.57 bits per heavy atom. The molecule has 5 heteroatoms. The van der Waals surface area contributed by atoms with Crippen LogP contribution in [0.1, 0.15) is 24.9 Å². The summed E-state index contributed by atoms with van der Waals surface area (Å²) in [4.78, 5) is 0. The van der Waals surface area contributed by atoms with E-state index < -0.39 is 34.9 Å². The van der Waals surface area contributed by atoms with Gasteiger partial charge in [-0.25, -0.2) is 17.6 Å². The molecule has 0 bridgehead atoms. The van der Waals surface area contributed by atoms with Crippen molar-refractivity contribution in [1.82, 2.24) is 0 Å². The first-order valence-electron chi connectivity index (χ1n) is 4.07. The smallest absolute Gasteiger partial charge is 0.166 e. The summed E-state index contributed by atoms with van der Waals surface area (Å²) in [5, 5.41) is 0. The van der Waals surface area contributed by atoms with Crippen LogP contribution in [-0.4, -0.2) is 0 Å². The molecule has 0 unspecified atom stereocenters. The number of nitrogens with two attached hydrogens (primary N) is 1. The normalized spacial score (nSPS) is 13.0. The predicted octanol–water partition coefficient (Wildman–Crippen LogP) is 2.65. The van der Waals surface area contributed by atoms with Crippen LogP contribution in [-0.2, 0) is 0 Å². The molecule has 2 N–H and O–H groups in total. The molecular formula is C9H9F4N. The molecule has 1 aromatic carbocycles. The third-order valence-electron chi connectivity index (χ3n) is 1.96. The lowest BCUT2D eigenvalue weighted by atomic mass is 10.0. The maximum atomic E-state index is 13.0. The van der Waals surface area contributed by atoms with Crippen molar-refractivity contribution < 1.29 is 17.6 Å². The zero-order valence-electron chi connectivity index (χ0n) is 7.45. The second-order valence-electron chi connectivity index (χ2n) is 2.90. The lowest BCUT2D eigenvalue weighted by Gasteiger charge is -2.12. The highest BCUT2D eigenvalue weighted by molar-refractivity contribution is 5.25. The minimum atomic E-state index is -1.43. The topological polar surface area (TPSA) is 26.0 Å². The van der Waals surface area contributed by atoms with Crippen LogP contribution < -0.4 is 5.73 Å². The number of rotatable bonds is 2. The van der Waals surface area contributed by atoms with Crippen molar-refractivity contribution in [3.05, 3.63) is 34.9 Å². The Balaban J connectivity index is 3.39. The SMILES string of the molecule is CC[C@@H](N)c1c(F)c(F)cc(F)c1F. The van der Waals surface area contributed by atoms with Gasteiger partial charge in [-0.3, -0.25) is 0 Å². The van der Waals surface area contributed by atoms with Crippen molar-refractivity contribution in [2.24, 2.45) is 5.73 Å². The molecule has 14 heavy (non-hydrogen) atoms. The Morgan fingerprint density at radius 1 is 1.14 bits per heavy atom. The Kier molecular flexibility index (Phi) is 3.10. The van der Waals surface area contributed by atoms with Gasteiger partial charge in [0.2, 0.25) is 0 Å². The van der Waals surface area contributed by atoms with E-state index >= 15 is 0 Å². The van der Waals surface area contributed by atoms with Gasteiger partial charge in [-0.2, -0.15) is 0 Å². The maximum absolute atomic E-state index is 13.0. The minimum absolute atomic E-state index is 0.163. The van der Waals surface area contributed by atoms with Gasteiger partial charge in [0, 0.05) is 17.7 Å². The molecule has 0 saturated carbocycles. The van der Waals surface area contributed by atoms with E-state index in [1.54, 1.807) is 6.92 Å². The van der Waals surface area contributed by atoms with E-state index in [0.29, 0.717) is 0 Å². The Bertz CT molecular complexity index is 325. The molecular weight excluding hydrogens is 198 g/mol. The summed E-state index contributed by atoms with van der Waals surface area (Å²) in [5.41, 5.74) is 4.59. The van der Waals surface area contributed by atoms with E-state index in [9.17, 15) is 17.6 Å². The van der Waals surface area contributed by atoms with Gasteiger partial charge >= 0.3 is 0 Å². The Morgan fingerprint density at radius 3 is 1.93 bits per heavy atom. The molecule has 0 fully saturated rings. The third-order valence-corrected chi connectivity index (χ3v) is 1.96. The molecule has 0 radical (unpaired) electrons. The average Bonchev–Trinajstić information content (AvgIpc) is 2.15. The molecule has 0 saturated heterocycles. The van der Waals surface area contributed by atoms with E-state index in [1.165, 1.54) is 0 Å². The fourth-order valence-corrected chi connectivity index (χ4v) is 1.12. The molecule has 0 aliphatic carbocycles. The molecule has 0 aliphatic heterocycles. The van der Waals surface area contributed by atoms with E-state index in [1.807, 2.05) is 0 Å². The molecule has 0 aromatic heterocycles. The van der Waals surface area contributed by atoms with Gasteiger partial charge < -0.3 is 5.73 Å². The molecule has 1 atom stereocenters. The van der Waals surface area contributed by atoms with Gasteiger partial charge in [-0.15, -0.1) is 0 Å². The average molecular weight is 207 g/mol. The molecule has 0 spiro atoms. The second-order valence-corrected chi connectivity index (χ2v) is 2.90. The molecule has 0 amide bonds. The van der Waals surface area contributed by atoms with Gasteiger partial charge in [0.1, 0.15) is 0 Å².